The molecule has 1 aromatic rings. The molecule has 1 aromatic carbocycles. The van der Waals surface area contributed by atoms with Gasteiger partial charge in [0, 0.05) is 20.1 Å². The fraction of sp³-hybridized carbons (Fsp3) is 0.500. The van der Waals surface area contributed by atoms with Gasteiger partial charge < -0.3 is 20.3 Å². The molecule has 0 spiro atoms. The van der Waals surface area contributed by atoms with E-state index in [-0.39, 0.29) is 31.2 Å². The van der Waals surface area contributed by atoms with Crippen molar-refractivity contribution in [2.24, 2.45) is 5.73 Å². The molecular formula is C16H23N3O3. The number of piperidine rings is 1. The van der Waals surface area contributed by atoms with Gasteiger partial charge in [-0.25, -0.2) is 4.79 Å². The number of ether oxygens (including phenoxy) is 1. The Morgan fingerprint density at radius 1 is 1.36 bits per heavy atom. The van der Waals surface area contributed by atoms with Crippen molar-refractivity contribution in [2.45, 2.75) is 25.5 Å². The lowest BCUT2D eigenvalue weighted by Crippen LogP contribution is -2.51. The first kappa shape index (κ1) is 16.3. The Hall–Kier alpha value is -2.08. The van der Waals surface area contributed by atoms with Crippen LogP contribution < -0.4 is 5.73 Å². The molecule has 1 heterocycles. The first-order chi connectivity index (χ1) is 10.6. The standard InChI is InChI=1S/C16H23N3O3/c1-18(14-8-5-9-19(11-14)15(20)10-17)16(21)22-12-13-6-3-2-4-7-13/h2-4,6-7,14H,5,8-12,17H2,1H3/t14-/m0/s1. The zero-order valence-corrected chi connectivity index (χ0v) is 12.9. The van der Waals surface area contributed by atoms with Crippen LogP contribution in [0.3, 0.4) is 0 Å². The zero-order valence-electron chi connectivity index (χ0n) is 12.9. The molecule has 1 aliphatic heterocycles. The third kappa shape index (κ3) is 4.21. The molecule has 2 amide bonds. The van der Waals surface area contributed by atoms with Crippen LogP contribution in [0.15, 0.2) is 30.3 Å². The molecule has 120 valence electrons. The molecule has 0 radical (unpaired) electrons. The second kappa shape index (κ2) is 7.79. The molecule has 6 heteroatoms. The number of nitrogens with two attached hydrogens (primary N) is 1. The fourth-order valence-electron chi connectivity index (χ4n) is 2.60. The molecule has 2 N–H and O–H groups in total. The molecule has 0 aromatic heterocycles. The van der Waals surface area contributed by atoms with Gasteiger partial charge in [0.15, 0.2) is 0 Å². The van der Waals surface area contributed by atoms with Gasteiger partial charge >= 0.3 is 6.09 Å². The second-order valence-corrected chi connectivity index (χ2v) is 5.49. The smallest absolute Gasteiger partial charge is 0.410 e. The number of amides is 2. The molecule has 1 atom stereocenters. The number of hydrogen-bond donors (Lipinski definition) is 1. The first-order valence-electron chi connectivity index (χ1n) is 7.53. The number of hydrogen-bond acceptors (Lipinski definition) is 4. The Balaban J connectivity index is 1.85. The molecule has 0 unspecified atom stereocenters. The van der Waals surface area contributed by atoms with E-state index in [4.69, 9.17) is 10.5 Å². The minimum absolute atomic E-state index is 0.00882. The van der Waals surface area contributed by atoms with Crippen LogP contribution >= 0.6 is 0 Å². The van der Waals surface area contributed by atoms with Crippen LogP contribution in [0.25, 0.3) is 0 Å². The minimum Gasteiger partial charge on any atom is -0.445 e. The molecule has 22 heavy (non-hydrogen) atoms. The summed E-state index contributed by atoms with van der Waals surface area (Å²) in [6, 6.07) is 9.54. The van der Waals surface area contributed by atoms with Crippen LogP contribution in [0, 0.1) is 0 Å². The highest BCUT2D eigenvalue weighted by Gasteiger charge is 2.28. The van der Waals surface area contributed by atoms with Gasteiger partial charge in [-0.3, -0.25) is 4.79 Å². The average Bonchev–Trinajstić information content (AvgIpc) is 2.59. The summed E-state index contributed by atoms with van der Waals surface area (Å²) in [4.78, 5) is 27.1. The van der Waals surface area contributed by atoms with Gasteiger partial charge in [0.05, 0.1) is 12.6 Å². The van der Waals surface area contributed by atoms with E-state index < -0.39 is 0 Å². The highest BCUT2D eigenvalue weighted by atomic mass is 16.6. The predicted molar refractivity (Wildman–Crippen MR) is 83.0 cm³/mol. The van der Waals surface area contributed by atoms with Crippen molar-refractivity contribution in [1.82, 2.24) is 9.80 Å². The number of benzene rings is 1. The van der Waals surface area contributed by atoms with Crippen molar-refractivity contribution in [3.05, 3.63) is 35.9 Å². The molecule has 0 bridgehead atoms. The number of carbonyl (C=O) groups is 2. The van der Waals surface area contributed by atoms with Crippen LogP contribution in [0.2, 0.25) is 0 Å². The van der Waals surface area contributed by atoms with E-state index >= 15 is 0 Å². The normalized spacial score (nSPS) is 17.9. The lowest BCUT2D eigenvalue weighted by molar-refractivity contribution is -0.131. The predicted octanol–water partition coefficient (Wildman–Crippen LogP) is 1.20. The van der Waals surface area contributed by atoms with Gasteiger partial charge in [-0.05, 0) is 18.4 Å². The Morgan fingerprint density at radius 2 is 2.09 bits per heavy atom. The summed E-state index contributed by atoms with van der Waals surface area (Å²) in [5.41, 5.74) is 6.35. The quantitative estimate of drug-likeness (QED) is 0.907. The lowest BCUT2D eigenvalue weighted by atomic mass is 10.0. The van der Waals surface area contributed by atoms with E-state index in [1.54, 1.807) is 16.8 Å². The number of nitrogens with zero attached hydrogens (tertiary/aromatic N) is 2. The Bertz CT molecular complexity index is 507. The van der Waals surface area contributed by atoms with Crippen molar-refractivity contribution < 1.29 is 14.3 Å². The molecule has 0 aliphatic carbocycles. The summed E-state index contributed by atoms with van der Waals surface area (Å²) in [6.45, 7) is 1.49. The molecule has 6 nitrogen and oxygen atoms in total. The molecule has 1 fully saturated rings. The maximum Gasteiger partial charge on any atom is 0.410 e. The second-order valence-electron chi connectivity index (χ2n) is 5.49. The van der Waals surface area contributed by atoms with Gasteiger partial charge in [-0.15, -0.1) is 0 Å². The Kier molecular flexibility index (Phi) is 5.77. The SMILES string of the molecule is CN(C(=O)OCc1ccccc1)[C@H]1CCCN(C(=O)CN)C1. The summed E-state index contributed by atoms with van der Waals surface area (Å²) in [5, 5.41) is 0. The van der Waals surface area contributed by atoms with Crippen LogP contribution in [-0.4, -0.2) is 54.5 Å². The van der Waals surface area contributed by atoms with E-state index in [1.807, 2.05) is 30.3 Å². The molecule has 0 saturated carbocycles. The summed E-state index contributed by atoms with van der Waals surface area (Å²) in [5.74, 6) is -0.0734. The largest absolute Gasteiger partial charge is 0.445 e. The van der Waals surface area contributed by atoms with Gasteiger partial charge in [0.1, 0.15) is 6.61 Å². The number of rotatable bonds is 4. The van der Waals surface area contributed by atoms with Gasteiger partial charge in [-0.1, -0.05) is 30.3 Å². The number of carbonyl (C=O) groups excluding carboxylic acids is 2. The summed E-state index contributed by atoms with van der Waals surface area (Å²) < 4.78 is 5.32. The third-order valence-electron chi connectivity index (χ3n) is 3.96. The van der Waals surface area contributed by atoms with Gasteiger partial charge in [0.2, 0.25) is 5.91 Å². The van der Waals surface area contributed by atoms with E-state index in [0.717, 1.165) is 18.4 Å². The van der Waals surface area contributed by atoms with E-state index in [0.29, 0.717) is 13.1 Å². The van der Waals surface area contributed by atoms with Crippen LogP contribution in [0.4, 0.5) is 4.79 Å². The molecule has 1 aliphatic rings. The van der Waals surface area contributed by atoms with Crippen LogP contribution in [0.5, 0.6) is 0 Å². The van der Waals surface area contributed by atoms with Gasteiger partial charge in [-0.2, -0.15) is 0 Å². The summed E-state index contributed by atoms with van der Waals surface area (Å²) in [7, 11) is 1.72. The Morgan fingerprint density at radius 3 is 2.77 bits per heavy atom. The minimum atomic E-state index is -0.365. The fourth-order valence-corrected chi connectivity index (χ4v) is 2.60. The zero-order chi connectivity index (χ0) is 15.9. The molecule has 2 rings (SSSR count). The molecular weight excluding hydrogens is 282 g/mol. The van der Waals surface area contributed by atoms with E-state index in [9.17, 15) is 9.59 Å². The topological polar surface area (TPSA) is 75.9 Å². The van der Waals surface area contributed by atoms with E-state index in [2.05, 4.69) is 0 Å². The Labute approximate surface area is 130 Å². The number of likely N-dealkylation sites (N-methyl/N-ethyl adjacent to an activating group) is 1. The van der Waals surface area contributed by atoms with Crippen molar-refractivity contribution in [3.8, 4) is 0 Å². The van der Waals surface area contributed by atoms with Crippen molar-refractivity contribution in [3.63, 3.8) is 0 Å². The monoisotopic (exact) mass is 305 g/mol. The number of likely N-dealkylation sites (tertiary alicyclic amines) is 1. The summed E-state index contributed by atoms with van der Waals surface area (Å²) in [6.07, 6.45) is 1.37. The highest BCUT2D eigenvalue weighted by Crippen LogP contribution is 2.16. The van der Waals surface area contributed by atoms with E-state index in [1.165, 1.54) is 0 Å². The van der Waals surface area contributed by atoms with Crippen molar-refractivity contribution in [2.75, 3.05) is 26.7 Å². The first-order valence-corrected chi connectivity index (χ1v) is 7.53. The van der Waals surface area contributed by atoms with Crippen molar-refractivity contribution in [1.29, 1.82) is 0 Å². The van der Waals surface area contributed by atoms with Gasteiger partial charge in [0.25, 0.3) is 0 Å². The maximum atomic E-state index is 12.1. The lowest BCUT2D eigenvalue weighted by Gasteiger charge is -2.37. The third-order valence-corrected chi connectivity index (χ3v) is 3.96. The van der Waals surface area contributed by atoms with Crippen molar-refractivity contribution >= 4 is 12.0 Å². The van der Waals surface area contributed by atoms with Crippen LogP contribution in [0.1, 0.15) is 18.4 Å². The molecule has 1 saturated heterocycles. The summed E-state index contributed by atoms with van der Waals surface area (Å²) >= 11 is 0. The average molecular weight is 305 g/mol. The van der Waals surface area contributed by atoms with Crippen LogP contribution in [-0.2, 0) is 16.1 Å². The maximum absolute atomic E-state index is 12.1. The highest BCUT2D eigenvalue weighted by molar-refractivity contribution is 5.78.